The van der Waals surface area contributed by atoms with Gasteiger partial charge < -0.3 is 9.80 Å². The number of hydrogen-bond acceptors (Lipinski definition) is 2. The lowest BCUT2D eigenvalue weighted by atomic mass is 10.2. The van der Waals surface area contributed by atoms with Crippen LogP contribution in [0, 0.1) is 6.67 Å². The minimum absolute atomic E-state index is 0.757. The molecular weight excluding hydrogens is 220 g/mol. The molecule has 0 fully saturated rings. The number of nitrogens with zero attached hydrogens (tertiary/aromatic N) is 2. The summed E-state index contributed by atoms with van der Waals surface area (Å²) in [6.07, 6.45) is 2.23. The Morgan fingerprint density at radius 1 is 1.06 bits per heavy atom. The van der Waals surface area contributed by atoms with Crippen molar-refractivity contribution in [1.29, 1.82) is 0 Å². The number of unbranched alkanes of at least 4 members (excludes halogenated alkanes) is 1. The van der Waals surface area contributed by atoms with Crippen molar-refractivity contribution in [2.24, 2.45) is 0 Å². The summed E-state index contributed by atoms with van der Waals surface area (Å²) in [6, 6.07) is 8.55. The van der Waals surface area contributed by atoms with Crippen molar-refractivity contribution in [1.82, 2.24) is 0 Å². The van der Waals surface area contributed by atoms with Gasteiger partial charge in [-0.2, -0.15) is 0 Å². The Morgan fingerprint density at radius 2 is 1.75 bits per heavy atom. The van der Waals surface area contributed by atoms with Gasteiger partial charge >= 0.3 is 0 Å². The molecule has 0 unspecified atom stereocenters. The van der Waals surface area contributed by atoms with E-state index in [2.05, 4.69) is 47.7 Å². The second-order valence-electron chi connectivity index (χ2n) is 3.98. The van der Waals surface area contributed by atoms with E-state index in [1.165, 1.54) is 11.4 Å². The fraction of sp³-hybridized carbons (Fsp3) is 0.462. The number of hydrogen-bond donors (Lipinski definition) is 0. The van der Waals surface area contributed by atoms with Crippen LogP contribution in [0.1, 0.15) is 19.8 Å². The van der Waals surface area contributed by atoms with Gasteiger partial charge in [0.2, 0.25) is 0 Å². The van der Waals surface area contributed by atoms with Gasteiger partial charge in [0, 0.05) is 19.0 Å². The molecule has 1 aliphatic rings. The van der Waals surface area contributed by atoms with E-state index in [4.69, 9.17) is 11.6 Å². The first kappa shape index (κ1) is 11.6. The molecule has 0 aliphatic carbocycles. The zero-order valence-electron chi connectivity index (χ0n) is 9.69. The van der Waals surface area contributed by atoms with E-state index in [1.807, 2.05) is 0 Å². The van der Waals surface area contributed by atoms with Crippen molar-refractivity contribution in [2.75, 3.05) is 28.8 Å². The molecule has 2 rings (SSSR count). The Bertz CT molecular complexity index is 340. The molecule has 1 heterocycles. The van der Waals surface area contributed by atoms with Gasteiger partial charge in [-0.1, -0.05) is 12.1 Å². The zero-order chi connectivity index (χ0) is 11.4. The van der Waals surface area contributed by atoms with Crippen molar-refractivity contribution in [3.05, 3.63) is 30.9 Å². The quantitative estimate of drug-likeness (QED) is 0.572. The summed E-state index contributed by atoms with van der Waals surface area (Å²) in [5, 5.41) is 0. The monoisotopic (exact) mass is 237 g/mol. The molecule has 2 nitrogen and oxygen atoms in total. The normalized spacial score (nSPS) is 14.4. The van der Waals surface area contributed by atoms with E-state index in [0.29, 0.717) is 0 Å². The lowest BCUT2D eigenvalue weighted by Gasteiger charge is -2.19. The molecule has 0 aromatic heterocycles. The summed E-state index contributed by atoms with van der Waals surface area (Å²) in [6.45, 7) is 6.46. The van der Waals surface area contributed by atoms with Crippen molar-refractivity contribution < 1.29 is 0 Å². The summed E-state index contributed by atoms with van der Waals surface area (Å²) in [4.78, 5) is 4.61. The van der Waals surface area contributed by atoms with Crippen molar-refractivity contribution in [3.8, 4) is 0 Å². The van der Waals surface area contributed by atoms with Crippen molar-refractivity contribution in [3.63, 3.8) is 0 Å². The molecule has 0 amide bonds. The molecule has 1 radical (unpaired) electrons. The van der Waals surface area contributed by atoms with Crippen LogP contribution in [0.25, 0.3) is 0 Å². The van der Waals surface area contributed by atoms with Crippen LogP contribution in [-0.2, 0) is 0 Å². The highest BCUT2D eigenvalue weighted by molar-refractivity contribution is 6.17. The van der Waals surface area contributed by atoms with Gasteiger partial charge in [0.25, 0.3) is 0 Å². The highest BCUT2D eigenvalue weighted by Crippen LogP contribution is 2.37. The number of rotatable bonds is 5. The number of halogens is 1. The maximum absolute atomic E-state index is 5.70. The number of alkyl halides is 1. The highest BCUT2D eigenvalue weighted by atomic mass is 35.5. The van der Waals surface area contributed by atoms with Crippen LogP contribution in [0.2, 0.25) is 0 Å². The Hall–Kier alpha value is -0.890. The Kier molecular flexibility index (Phi) is 3.94. The second-order valence-corrected chi connectivity index (χ2v) is 4.36. The average Bonchev–Trinajstić information content (AvgIpc) is 2.68. The molecule has 0 saturated heterocycles. The third-order valence-corrected chi connectivity index (χ3v) is 3.17. The van der Waals surface area contributed by atoms with Crippen LogP contribution < -0.4 is 9.80 Å². The molecule has 0 N–H and O–H groups in total. The van der Waals surface area contributed by atoms with Crippen LogP contribution in [-0.4, -0.2) is 19.0 Å². The Balaban J connectivity index is 2.07. The number of benzene rings is 1. The summed E-state index contributed by atoms with van der Waals surface area (Å²) >= 11 is 5.70. The molecule has 1 aliphatic heterocycles. The standard InChI is InChI=1S/C13H18ClN2/c1-2-15-11-16(10-6-5-9-14)13-8-4-3-7-12(13)15/h3-4,7-8,11H,2,5-6,9-10H2,1H3. The maximum Gasteiger partial charge on any atom is 0.142 e. The number of fused-ring (bicyclic) bond motifs is 1. The first-order valence-electron chi connectivity index (χ1n) is 5.90. The van der Waals surface area contributed by atoms with E-state index >= 15 is 0 Å². The minimum atomic E-state index is 0.757. The molecule has 1 aromatic rings. The predicted molar refractivity (Wildman–Crippen MR) is 71.1 cm³/mol. The van der Waals surface area contributed by atoms with Crippen molar-refractivity contribution >= 4 is 23.0 Å². The topological polar surface area (TPSA) is 6.48 Å². The maximum atomic E-state index is 5.70. The fourth-order valence-corrected chi connectivity index (χ4v) is 2.24. The third kappa shape index (κ3) is 2.27. The molecule has 0 bridgehead atoms. The Labute approximate surface area is 103 Å². The zero-order valence-corrected chi connectivity index (χ0v) is 10.5. The van der Waals surface area contributed by atoms with Gasteiger partial charge in [-0.25, -0.2) is 0 Å². The lowest BCUT2D eigenvalue weighted by molar-refractivity contribution is 0.762. The molecule has 0 spiro atoms. The summed E-state index contributed by atoms with van der Waals surface area (Å²) < 4.78 is 0. The molecule has 0 saturated carbocycles. The highest BCUT2D eigenvalue weighted by Gasteiger charge is 2.23. The van der Waals surface area contributed by atoms with Crippen LogP contribution in [0.5, 0.6) is 0 Å². The predicted octanol–water partition coefficient (Wildman–Crippen LogP) is 3.47. The number of para-hydroxylation sites is 2. The smallest absolute Gasteiger partial charge is 0.142 e. The number of anilines is 2. The van der Waals surface area contributed by atoms with E-state index in [0.717, 1.165) is 31.8 Å². The van der Waals surface area contributed by atoms with Gasteiger partial charge in [-0.05, 0) is 31.9 Å². The van der Waals surface area contributed by atoms with Crippen LogP contribution in [0.4, 0.5) is 11.4 Å². The van der Waals surface area contributed by atoms with Gasteiger partial charge in [0.15, 0.2) is 0 Å². The summed E-state index contributed by atoms with van der Waals surface area (Å²) in [5.41, 5.74) is 2.63. The van der Waals surface area contributed by atoms with Crippen LogP contribution >= 0.6 is 11.6 Å². The summed E-state index contributed by atoms with van der Waals surface area (Å²) in [5.74, 6) is 0.757. The van der Waals surface area contributed by atoms with E-state index in [1.54, 1.807) is 0 Å². The Morgan fingerprint density at radius 3 is 2.38 bits per heavy atom. The van der Waals surface area contributed by atoms with Gasteiger partial charge in [0.05, 0.1) is 11.4 Å². The first-order chi connectivity index (χ1) is 7.86. The van der Waals surface area contributed by atoms with Crippen LogP contribution in [0.15, 0.2) is 24.3 Å². The molecule has 16 heavy (non-hydrogen) atoms. The average molecular weight is 238 g/mol. The largest absolute Gasteiger partial charge is 0.346 e. The van der Waals surface area contributed by atoms with E-state index < -0.39 is 0 Å². The summed E-state index contributed by atoms with van der Waals surface area (Å²) in [7, 11) is 0. The fourth-order valence-electron chi connectivity index (χ4n) is 2.05. The van der Waals surface area contributed by atoms with Gasteiger partial charge in [-0.3, -0.25) is 0 Å². The molecular formula is C13H18ClN2. The molecule has 1 aromatic carbocycles. The first-order valence-corrected chi connectivity index (χ1v) is 6.43. The SMILES string of the molecule is CCN1[CH]N(CCCCCl)c2ccccc21. The van der Waals surface area contributed by atoms with E-state index in [9.17, 15) is 0 Å². The van der Waals surface area contributed by atoms with E-state index in [-0.39, 0.29) is 0 Å². The van der Waals surface area contributed by atoms with Crippen LogP contribution in [0.3, 0.4) is 0 Å². The van der Waals surface area contributed by atoms with Crippen molar-refractivity contribution in [2.45, 2.75) is 19.8 Å². The molecule has 87 valence electrons. The molecule has 0 atom stereocenters. The second kappa shape index (κ2) is 5.44. The minimum Gasteiger partial charge on any atom is -0.346 e. The van der Waals surface area contributed by atoms with Gasteiger partial charge in [0.1, 0.15) is 6.67 Å². The lowest BCUT2D eigenvalue weighted by Crippen LogP contribution is -2.25. The third-order valence-electron chi connectivity index (χ3n) is 2.90. The van der Waals surface area contributed by atoms with Gasteiger partial charge in [-0.15, -0.1) is 11.6 Å². The molecule has 3 heteroatoms.